The second-order valence-corrected chi connectivity index (χ2v) is 4.25. The summed E-state index contributed by atoms with van der Waals surface area (Å²) in [5.74, 6) is 1.41. The molecule has 0 saturated heterocycles. The molecule has 0 saturated carbocycles. The number of hydrogen-bond donors (Lipinski definition) is 0. The molecule has 0 aliphatic carbocycles. The molecule has 1 heterocycles. The van der Waals surface area contributed by atoms with Gasteiger partial charge in [0.2, 0.25) is 0 Å². The van der Waals surface area contributed by atoms with Crippen LogP contribution >= 0.6 is 15.9 Å². The van der Waals surface area contributed by atoms with Crippen LogP contribution in [0.1, 0.15) is 44.6 Å². The van der Waals surface area contributed by atoms with Gasteiger partial charge in [0.1, 0.15) is 10.4 Å². The van der Waals surface area contributed by atoms with E-state index in [1.807, 2.05) is 6.07 Å². The molecule has 0 bridgehead atoms. The van der Waals surface area contributed by atoms with E-state index in [2.05, 4.69) is 46.7 Å². The van der Waals surface area contributed by atoms with Gasteiger partial charge in [-0.1, -0.05) is 20.8 Å². The Morgan fingerprint density at radius 3 is 2.62 bits per heavy atom. The molecule has 1 rings (SSSR count). The van der Waals surface area contributed by atoms with E-state index in [0.29, 0.717) is 5.92 Å². The van der Waals surface area contributed by atoms with Gasteiger partial charge in [-0.15, -0.1) is 0 Å². The Labute approximate surface area is 87.9 Å². The number of hydrogen-bond acceptors (Lipinski definition) is 2. The molecular weight excluding hydrogens is 228 g/mol. The van der Waals surface area contributed by atoms with E-state index in [-0.39, 0.29) is 0 Å². The van der Waals surface area contributed by atoms with E-state index < -0.39 is 0 Å². The molecule has 0 N–H and O–H groups in total. The van der Waals surface area contributed by atoms with Gasteiger partial charge < -0.3 is 0 Å². The van der Waals surface area contributed by atoms with Crippen LogP contribution in [-0.4, -0.2) is 9.97 Å². The zero-order valence-electron chi connectivity index (χ0n) is 8.34. The molecular formula is C10H15BrN2. The minimum atomic E-state index is 0.468. The molecule has 1 aromatic heterocycles. The highest BCUT2D eigenvalue weighted by molar-refractivity contribution is 9.10. The fourth-order valence-corrected chi connectivity index (χ4v) is 1.55. The van der Waals surface area contributed by atoms with Gasteiger partial charge in [-0.25, -0.2) is 9.97 Å². The number of halogens is 1. The summed E-state index contributed by atoms with van der Waals surface area (Å²) < 4.78 is 0.898. The molecule has 0 radical (unpaired) electrons. The molecule has 0 amide bonds. The second kappa shape index (κ2) is 4.70. The number of aromatic nitrogens is 2. The normalized spacial score (nSPS) is 10.8. The highest BCUT2D eigenvalue weighted by Gasteiger charge is 2.05. The first kappa shape index (κ1) is 10.6. The molecule has 72 valence electrons. The Balaban J connectivity index is 2.96. The van der Waals surface area contributed by atoms with Gasteiger partial charge in [-0.2, -0.15) is 0 Å². The fraction of sp³-hybridized carbons (Fsp3) is 0.600. The van der Waals surface area contributed by atoms with E-state index >= 15 is 0 Å². The predicted octanol–water partition coefficient (Wildman–Crippen LogP) is 3.32. The summed E-state index contributed by atoms with van der Waals surface area (Å²) >= 11 is 3.40. The van der Waals surface area contributed by atoms with Gasteiger partial charge in [0.05, 0.1) is 0 Å². The monoisotopic (exact) mass is 242 g/mol. The van der Waals surface area contributed by atoms with Crippen molar-refractivity contribution in [2.45, 2.75) is 39.5 Å². The SMILES string of the molecule is CCCc1nc(Br)cc(C(C)C)n1. The Morgan fingerprint density at radius 1 is 1.38 bits per heavy atom. The summed E-state index contributed by atoms with van der Waals surface area (Å²) in [4.78, 5) is 8.79. The van der Waals surface area contributed by atoms with Crippen LogP contribution in [0.3, 0.4) is 0 Å². The number of rotatable bonds is 3. The third-order valence-corrected chi connectivity index (χ3v) is 2.23. The van der Waals surface area contributed by atoms with Crippen LogP contribution in [0.2, 0.25) is 0 Å². The van der Waals surface area contributed by atoms with Crippen LogP contribution in [-0.2, 0) is 6.42 Å². The van der Waals surface area contributed by atoms with Crippen LogP contribution in [0.5, 0.6) is 0 Å². The molecule has 0 aromatic carbocycles. The van der Waals surface area contributed by atoms with E-state index in [1.54, 1.807) is 0 Å². The smallest absolute Gasteiger partial charge is 0.129 e. The molecule has 0 aliphatic rings. The summed E-state index contributed by atoms with van der Waals surface area (Å²) in [5, 5.41) is 0. The van der Waals surface area contributed by atoms with Crippen LogP contribution in [0, 0.1) is 0 Å². The van der Waals surface area contributed by atoms with Gasteiger partial charge in [-0.05, 0) is 34.3 Å². The predicted molar refractivity (Wildman–Crippen MR) is 57.8 cm³/mol. The quantitative estimate of drug-likeness (QED) is 0.761. The molecule has 0 atom stereocenters. The van der Waals surface area contributed by atoms with Gasteiger partial charge in [-0.3, -0.25) is 0 Å². The number of nitrogens with zero attached hydrogens (tertiary/aromatic N) is 2. The Hall–Kier alpha value is -0.440. The zero-order valence-corrected chi connectivity index (χ0v) is 9.93. The third-order valence-electron chi connectivity index (χ3n) is 1.83. The van der Waals surface area contributed by atoms with Gasteiger partial charge in [0.25, 0.3) is 0 Å². The van der Waals surface area contributed by atoms with Crippen molar-refractivity contribution in [2.24, 2.45) is 0 Å². The highest BCUT2D eigenvalue weighted by atomic mass is 79.9. The maximum atomic E-state index is 4.48. The van der Waals surface area contributed by atoms with E-state index in [1.165, 1.54) is 0 Å². The van der Waals surface area contributed by atoms with Crippen LogP contribution < -0.4 is 0 Å². The lowest BCUT2D eigenvalue weighted by Gasteiger charge is -2.06. The Bertz CT molecular complexity index is 284. The van der Waals surface area contributed by atoms with E-state index in [4.69, 9.17) is 0 Å². The highest BCUT2D eigenvalue weighted by Crippen LogP contribution is 2.16. The largest absolute Gasteiger partial charge is 0.238 e. The zero-order chi connectivity index (χ0) is 9.84. The molecule has 3 heteroatoms. The summed E-state index contributed by atoms with van der Waals surface area (Å²) in [7, 11) is 0. The van der Waals surface area contributed by atoms with Crippen molar-refractivity contribution in [2.75, 3.05) is 0 Å². The van der Waals surface area contributed by atoms with Crippen LogP contribution in [0.25, 0.3) is 0 Å². The fourth-order valence-electron chi connectivity index (χ4n) is 1.12. The number of aryl methyl sites for hydroxylation is 1. The molecule has 1 aromatic rings. The van der Waals surface area contributed by atoms with Gasteiger partial charge in [0.15, 0.2) is 0 Å². The van der Waals surface area contributed by atoms with Crippen LogP contribution in [0.4, 0.5) is 0 Å². The third kappa shape index (κ3) is 3.07. The summed E-state index contributed by atoms with van der Waals surface area (Å²) in [6.07, 6.45) is 2.05. The van der Waals surface area contributed by atoms with Crippen LogP contribution in [0.15, 0.2) is 10.7 Å². The molecule has 13 heavy (non-hydrogen) atoms. The van der Waals surface area contributed by atoms with E-state index in [9.17, 15) is 0 Å². The lowest BCUT2D eigenvalue weighted by atomic mass is 10.1. The van der Waals surface area contributed by atoms with Crippen molar-refractivity contribution in [1.82, 2.24) is 9.97 Å². The first-order valence-corrected chi connectivity index (χ1v) is 5.46. The minimum Gasteiger partial charge on any atom is -0.238 e. The van der Waals surface area contributed by atoms with Crippen molar-refractivity contribution in [3.05, 3.63) is 22.2 Å². The lowest BCUT2D eigenvalue weighted by Crippen LogP contribution is -2.01. The first-order chi connectivity index (χ1) is 6.13. The van der Waals surface area contributed by atoms with Crippen molar-refractivity contribution in [3.63, 3.8) is 0 Å². The first-order valence-electron chi connectivity index (χ1n) is 4.66. The molecule has 0 unspecified atom stereocenters. The maximum Gasteiger partial charge on any atom is 0.129 e. The lowest BCUT2D eigenvalue weighted by molar-refractivity contribution is 0.758. The van der Waals surface area contributed by atoms with Crippen molar-refractivity contribution in [3.8, 4) is 0 Å². The average Bonchev–Trinajstić information content (AvgIpc) is 2.03. The second-order valence-electron chi connectivity index (χ2n) is 3.44. The molecule has 0 fully saturated rings. The summed E-state index contributed by atoms with van der Waals surface area (Å²) in [5.41, 5.74) is 1.12. The Morgan fingerprint density at radius 2 is 2.08 bits per heavy atom. The molecule has 2 nitrogen and oxygen atoms in total. The van der Waals surface area contributed by atoms with Gasteiger partial charge in [0, 0.05) is 12.1 Å². The topological polar surface area (TPSA) is 25.8 Å². The molecule has 0 spiro atoms. The summed E-state index contributed by atoms with van der Waals surface area (Å²) in [6, 6.07) is 1.99. The molecule has 0 aliphatic heterocycles. The minimum absolute atomic E-state index is 0.468. The maximum absolute atomic E-state index is 4.48. The summed E-state index contributed by atoms with van der Waals surface area (Å²) in [6.45, 7) is 6.42. The van der Waals surface area contributed by atoms with Crippen molar-refractivity contribution >= 4 is 15.9 Å². The van der Waals surface area contributed by atoms with E-state index in [0.717, 1.165) is 29.0 Å². The standard InChI is InChI=1S/C10H15BrN2/c1-4-5-10-12-8(7(2)3)6-9(11)13-10/h6-7H,4-5H2,1-3H3. The Kier molecular flexibility index (Phi) is 3.85. The van der Waals surface area contributed by atoms with Gasteiger partial charge >= 0.3 is 0 Å². The van der Waals surface area contributed by atoms with Crippen molar-refractivity contribution < 1.29 is 0 Å². The average molecular weight is 243 g/mol. The van der Waals surface area contributed by atoms with Crippen molar-refractivity contribution in [1.29, 1.82) is 0 Å².